The van der Waals surface area contributed by atoms with Crippen LogP contribution in [0.4, 0.5) is 16.0 Å². The smallest absolute Gasteiger partial charge is 0.232 e. The highest BCUT2D eigenvalue weighted by molar-refractivity contribution is 9.10. The van der Waals surface area contributed by atoms with E-state index in [-0.39, 0.29) is 16.7 Å². The summed E-state index contributed by atoms with van der Waals surface area (Å²) in [6.45, 7) is 0. The first-order valence-electron chi connectivity index (χ1n) is 4.89. The van der Waals surface area contributed by atoms with Crippen LogP contribution in [-0.2, 0) is 0 Å². The molecule has 1 N–H and O–H groups in total. The zero-order valence-electron chi connectivity index (χ0n) is 9.25. The average Bonchev–Trinajstić information content (AvgIpc) is 2.37. The van der Waals surface area contributed by atoms with Crippen LogP contribution < -0.4 is 10.1 Å². The Bertz CT molecular complexity index is 582. The SMILES string of the molecule is COc1nc(Nc2cccc(Cl)c2F)ncc1Br. The van der Waals surface area contributed by atoms with E-state index in [9.17, 15) is 4.39 Å². The van der Waals surface area contributed by atoms with Crippen molar-refractivity contribution in [2.45, 2.75) is 0 Å². The van der Waals surface area contributed by atoms with Gasteiger partial charge in [0.15, 0.2) is 5.82 Å². The van der Waals surface area contributed by atoms with E-state index in [1.165, 1.54) is 19.4 Å². The topological polar surface area (TPSA) is 47.0 Å². The minimum absolute atomic E-state index is 0.0316. The van der Waals surface area contributed by atoms with E-state index in [4.69, 9.17) is 16.3 Å². The van der Waals surface area contributed by atoms with Crippen molar-refractivity contribution in [3.05, 3.63) is 39.7 Å². The van der Waals surface area contributed by atoms with Gasteiger partial charge < -0.3 is 10.1 Å². The fourth-order valence-electron chi connectivity index (χ4n) is 1.28. The van der Waals surface area contributed by atoms with Crippen molar-refractivity contribution in [2.75, 3.05) is 12.4 Å². The summed E-state index contributed by atoms with van der Waals surface area (Å²) in [5, 5.41) is 2.76. The molecule has 18 heavy (non-hydrogen) atoms. The van der Waals surface area contributed by atoms with E-state index >= 15 is 0 Å². The van der Waals surface area contributed by atoms with Gasteiger partial charge in [0.25, 0.3) is 0 Å². The highest BCUT2D eigenvalue weighted by atomic mass is 79.9. The molecule has 0 saturated heterocycles. The Hall–Kier alpha value is -1.40. The first kappa shape index (κ1) is 13.0. The van der Waals surface area contributed by atoms with Crippen LogP contribution in [0, 0.1) is 5.82 Å². The van der Waals surface area contributed by atoms with Crippen molar-refractivity contribution < 1.29 is 9.13 Å². The highest BCUT2D eigenvalue weighted by Gasteiger charge is 2.09. The summed E-state index contributed by atoms with van der Waals surface area (Å²) in [4.78, 5) is 8.05. The van der Waals surface area contributed by atoms with Gasteiger partial charge in [0, 0.05) is 0 Å². The molecule has 0 amide bonds. The van der Waals surface area contributed by atoms with Crippen LogP contribution in [0.1, 0.15) is 0 Å². The lowest BCUT2D eigenvalue weighted by atomic mass is 10.3. The van der Waals surface area contributed by atoms with Crippen LogP contribution in [0.5, 0.6) is 5.88 Å². The van der Waals surface area contributed by atoms with E-state index in [2.05, 4.69) is 31.2 Å². The van der Waals surface area contributed by atoms with Gasteiger partial charge in [-0.3, -0.25) is 0 Å². The maximum absolute atomic E-state index is 13.7. The Morgan fingerprint density at radius 2 is 2.22 bits per heavy atom. The summed E-state index contributed by atoms with van der Waals surface area (Å²) in [6, 6.07) is 4.63. The highest BCUT2D eigenvalue weighted by Crippen LogP contribution is 2.26. The lowest BCUT2D eigenvalue weighted by molar-refractivity contribution is 0.394. The van der Waals surface area contributed by atoms with Gasteiger partial charge in [0.1, 0.15) is 0 Å². The average molecular weight is 333 g/mol. The Labute approximate surface area is 116 Å². The second kappa shape index (κ2) is 5.49. The van der Waals surface area contributed by atoms with E-state index in [0.717, 1.165) is 0 Å². The number of rotatable bonds is 3. The second-order valence-corrected chi connectivity index (χ2v) is 4.54. The van der Waals surface area contributed by atoms with Crippen molar-refractivity contribution in [1.29, 1.82) is 0 Å². The molecule has 0 spiro atoms. The minimum Gasteiger partial charge on any atom is -0.480 e. The molecule has 0 unspecified atom stereocenters. The van der Waals surface area contributed by atoms with Crippen LogP contribution in [0.3, 0.4) is 0 Å². The first-order chi connectivity index (χ1) is 8.61. The van der Waals surface area contributed by atoms with Crippen molar-refractivity contribution in [3.8, 4) is 5.88 Å². The molecule has 4 nitrogen and oxygen atoms in total. The van der Waals surface area contributed by atoms with Gasteiger partial charge in [-0.25, -0.2) is 9.37 Å². The predicted molar refractivity (Wildman–Crippen MR) is 71.0 cm³/mol. The van der Waals surface area contributed by atoms with Gasteiger partial charge in [0.05, 0.1) is 28.5 Å². The monoisotopic (exact) mass is 331 g/mol. The number of benzene rings is 1. The number of halogens is 3. The van der Waals surface area contributed by atoms with Crippen LogP contribution in [0.2, 0.25) is 5.02 Å². The van der Waals surface area contributed by atoms with E-state index < -0.39 is 5.82 Å². The third-order valence-corrected chi connectivity index (χ3v) is 2.94. The molecular weight excluding hydrogens is 324 g/mol. The summed E-state index contributed by atoms with van der Waals surface area (Å²) >= 11 is 8.90. The summed E-state index contributed by atoms with van der Waals surface area (Å²) in [5.41, 5.74) is 0.201. The number of nitrogens with zero attached hydrogens (tertiary/aromatic N) is 2. The fraction of sp³-hybridized carbons (Fsp3) is 0.0909. The summed E-state index contributed by atoms with van der Waals surface area (Å²) in [7, 11) is 1.48. The quantitative estimate of drug-likeness (QED) is 0.929. The molecule has 1 aromatic heterocycles. The van der Waals surface area contributed by atoms with Crippen molar-refractivity contribution in [2.24, 2.45) is 0 Å². The standard InChI is InChI=1S/C11H8BrClFN3O/c1-18-10-6(12)5-15-11(17-10)16-8-4-2-3-7(13)9(8)14/h2-5H,1H3,(H,15,16,17). The summed E-state index contributed by atoms with van der Waals surface area (Å²) in [6.07, 6.45) is 1.51. The molecule has 0 aliphatic heterocycles. The molecule has 7 heteroatoms. The van der Waals surface area contributed by atoms with Gasteiger partial charge >= 0.3 is 0 Å². The Kier molecular flexibility index (Phi) is 3.98. The largest absolute Gasteiger partial charge is 0.480 e. The van der Waals surface area contributed by atoms with Crippen molar-refractivity contribution in [1.82, 2.24) is 9.97 Å². The van der Waals surface area contributed by atoms with Crippen LogP contribution in [0.25, 0.3) is 0 Å². The second-order valence-electron chi connectivity index (χ2n) is 3.28. The maximum Gasteiger partial charge on any atom is 0.232 e. The van der Waals surface area contributed by atoms with Crippen LogP contribution in [0.15, 0.2) is 28.9 Å². The third kappa shape index (κ3) is 2.70. The molecule has 1 aromatic carbocycles. The van der Waals surface area contributed by atoms with E-state index in [1.54, 1.807) is 12.1 Å². The molecule has 0 saturated carbocycles. The molecule has 94 valence electrons. The van der Waals surface area contributed by atoms with Crippen molar-refractivity contribution in [3.63, 3.8) is 0 Å². The molecule has 0 aliphatic carbocycles. The number of anilines is 2. The van der Waals surface area contributed by atoms with E-state index in [1.807, 2.05) is 0 Å². The lowest BCUT2D eigenvalue weighted by Gasteiger charge is -2.08. The predicted octanol–water partition coefficient (Wildman–Crippen LogP) is 3.78. The number of nitrogens with one attached hydrogen (secondary N) is 1. The number of aromatic nitrogens is 2. The third-order valence-electron chi connectivity index (χ3n) is 2.10. The Balaban J connectivity index is 2.31. The molecule has 1 heterocycles. The minimum atomic E-state index is -0.551. The number of methoxy groups -OCH3 is 1. The number of hydrogen-bond acceptors (Lipinski definition) is 4. The molecule has 0 atom stereocenters. The van der Waals surface area contributed by atoms with Gasteiger partial charge in [-0.2, -0.15) is 4.98 Å². The van der Waals surface area contributed by atoms with Gasteiger partial charge in [0.2, 0.25) is 11.8 Å². The first-order valence-corrected chi connectivity index (χ1v) is 6.06. The van der Waals surface area contributed by atoms with Crippen molar-refractivity contribution >= 4 is 39.2 Å². The van der Waals surface area contributed by atoms with Gasteiger partial charge in [-0.15, -0.1) is 0 Å². The summed E-state index contributed by atoms with van der Waals surface area (Å²) < 4.78 is 19.3. The summed E-state index contributed by atoms with van der Waals surface area (Å²) in [5.74, 6) is 0.0239. The van der Waals surface area contributed by atoms with Gasteiger partial charge in [-0.05, 0) is 28.1 Å². The number of hydrogen-bond donors (Lipinski definition) is 1. The molecule has 0 aliphatic rings. The van der Waals surface area contributed by atoms with Crippen LogP contribution in [-0.4, -0.2) is 17.1 Å². The Morgan fingerprint density at radius 1 is 1.44 bits per heavy atom. The molecule has 2 rings (SSSR count). The maximum atomic E-state index is 13.7. The van der Waals surface area contributed by atoms with E-state index in [0.29, 0.717) is 10.4 Å². The molecule has 2 aromatic rings. The van der Waals surface area contributed by atoms with Gasteiger partial charge in [-0.1, -0.05) is 17.7 Å². The fourth-order valence-corrected chi connectivity index (χ4v) is 1.80. The zero-order valence-corrected chi connectivity index (χ0v) is 11.6. The molecule has 0 bridgehead atoms. The number of ether oxygens (including phenoxy) is 1. The zero-order chi connectivity index (χ0) is 13.1. The Morgan fingerprint density at radius 3 is 2.94 bits per heavy atom. The normalized spacial score (nSPS) is 10.2. The van der Waals surface area contributed by atoms with Crippen LogP contribution >= 0.6 is 27.5 Å². The lowest BCUT2D eigenvalue weighted by Crippen LogP contribution is -2.01. The molecule has 0 fully saturated rings. The molecule has 0 radical (unpaired) electrons. The molecular formula is C11H8BrClFN3O.